The Morgan fingerprint density at radius 3 is 2.95 bits per heavy atom. The van der Waals surface area contributed by atoms with Gasteiger partial charge in [-0.25, -0.2) is 0 Å². The lowest BCUT2D eigenvalue weighted by Crippen LogP contribution is -2.23. The van der Waals surface area contributed by atoms with Crippen molar-refractivity contribution < 1.29 is 4.74 Å². The number of para-hydroxylation sites is 1. The van der Waals surface area contributed by atoms with Crippen LogP contribution in [0.3, 0.4) is 0 Å². The Labute approximate surface area is 120 Å². The molecule has 0 amide bonds. The normalized spacial score (nSPS) is 18.8. The van der Waals surface area contributed by atoms with Crippen LogP contribution in [-0.4, -0.2) is 12.1 Å². The molecule has 0 heterocycles. The minimum absolute atomic E-state index is 0.159. The maximum Gasteiger partial charge on any atom is 0.143 e. The molecule has 0 radical (unpaired) electrons. The van der Waals surface area contributed by atoms with Crippen LogP contribution in [0.4, 0.5) is 0 Å². The third-order valence-corrected chi connectivity index (χ3v) is 3.53. The first kappa shape index (κ1) is 14.4. The average Bonchev–Trinajstić information content (AvgIpc) is 2.40. The number of ether oxygens (including phenoxy) is 1. The van der Waals surface area contributed by atoms with Gasteiger partial charge in [-0.05, 0) is 31.4 Å². The molecule has 0 saturated heterocycles. The second kappa shape index (κ2) is 6.97. The van der Waals surface area contributed by atoms with Gasteiger partial charge in [-0.2, -0.15) is 0 Å². The summed E-state index contributed by atoms with van der Waals surface area (Å²) in [5.41, 5.74) is 1.13. The van der Waals surface area contributed by atoms with E-state index in [0.717, 1.165) is 30.7 Å². The van der Waals surface area contributed by atoms with Gasteiger partial charge in [0.05, 0.1) is 5.02 Å². The van der Waals surface area contributed by atoms with Crippen LogP contribution in [0.5, 0.6) is 5.75 Å². The van der Waals surface area contributed by atoms with Gasteiger partial charge in [-0.15, -0.1) is 0 Å². The van der Waals surface area contributed by atoms with Gasteiger partial charge >= 0.3 is 0 Å². The van der Waals surface area contributed by atoms with Gasteiger partial charge in [0.25, 0.3) is 0 Å². The van der Waals surface area contributed by atoms with E-state index in [2.05, 4.69) is 37.4 Å². The standard InChI is InChI=1S/C16H22ClNO/c1-12(2)18-11-13-7-6-10-15(17)16(13)19-14-8-4-3-5-9-14/h4,6-8,10,12,14,18H,3,5,9,11H2,1-2H3. The lowest BCUT2D eigenvalue weighted by molar-refractivity contribution is 0.227. The highest BCUT2D eigenvalue weighted by Gasteiger charge is 2.15. The number of benzene rings is 1. The van der Waals surface area contributed by atoms with Crippen molar-refractivity contribution in [2.45, 2.75) is 51.8 Å². The average molecular weight is 280 g/mol. The van der Waals surface area contributed by atoms with Crippen molar-refractivity contribution in [1.29, 1.82) is 0 Å². The van der Waals surface area contributed by atoms with E-state index >= 15 is 0 Å². The zero-order valence-corrected chi connectivity index (χ0v) is 12.4. The number of allylic oxidation sites excluding steroid dienone is 1. The smallest absolute Gasteiger partial charge is 0.143 e. The van der Waals surface area contributed by atoms with Crippen LogP contribution in [0.1, 0.15) is 38.7 Å². The SMILES string of the molecule is CC(C)NCc1cccc(Cl)c1OC1C=CCCC1. The minimum Gasteiger partial charge on any atom is -0.484 e. The first-order chi connectivity index (χ1) is 9.16. The number of halogens is 1. The molecule has 1 unspecified atom stereocenters. The summed E-state index contributed by atoms with van der Waals surface area (Å²) in [6, 6.07) is 6.38. The fraction of sp³-hybridized carbons (Fsp3) is 0.500. The molecule has 0 spiro atoms. The van der Waals surface area contributed by atoms with Crippen molar-refractivity contribution in [2.24, 2.45) is 0 Å². The van der Waals surface area contributed by atoms with Crippen LogP contribution in [0.2, 0.25) is 5.02 Å². The maximum absolute atomic E-state index is 6.29. The largest absolute Gasteiger partial charge is 0.484 e. The van der Waals surface area contributed by atoms with Gasteiger partial charge in [0.1, 0.15) is 11.9 Å². The van der Waals surface area contributed by atoms with E-state index in [1.807, 2.05) is 12.1 Å². The van der Waals surface area contributed by atoms with E-state index in [0.29, 0.717) is 11.1 Å². The molecule has 104 valence electrons. The summed E-state index contributed by atoms with van der Waals surface area (Å²) in [5, 5.41) is 4.11. The molecule has 0 aromatic heterocycles. The molecule has 3 heteroatoms. The molecule has 2 rings (SSSR count). The molecule has 0 bridgehead atoms. The topological polar surface area (TPSA) is 21.3 Å². The number of hydrogen-bond acceptors (Lipinski definition) is 2. The quantitative estimate of drug-likeness (QED) is 0.810. The van der Waals surface area contributed by atoms with E-state index < -0.39 is 0 Å². The molecule has 2 nitrogen and oxygen atoms in total. The lowest BCUT2D eigenvalue weighted by atomic mass is 10.1. The fourth-order valence-electron chi connectivity index (χ4n) is 2.17. The Morgan fingerprint density at radius 2 is 2.26 bits per heavy atom. The van der Waals surface area contributed by atoms with Crippen molar-refractivity contribution in [3.05, 3.63) is 40.9 Å². The predicted molar refractivity (Wildman–Crippen MR) is 80.8 cm³/mol. The fourth-order valence-corrected chi connectivity index (χ4v) is 2.41. The molecule has 1 aliphatic carbocycles. The predicted octanol–water partition coefficient (Wildman–Crippen LogP) is 4.33. The second-order valence-electron chi connectivity index (χ2n) is 5.28. The van der Waals surface area contributed by atoms with E-state index in [1.54, 1.807) is 0 Å². The maximum atomic E-state index is 6.29. The highest BCUT2D eigenvalue weighted by molar-refractivity contribution is 6.32. The summed E-state index contributed by atoms with van der Waals surface area (Å²) >= 11 is 6.29. The van der Waals surface area contributed by atoms with Crippen LogP contribution in [0.15, 0.2) is 30.4 Å². The summed E-state index contributed by atoms with van der Waals surface area (Å²) in [4.78, 5) is 0. The van der Waals surface area contributed by atoms with Crippen LogP contribution in [0.25, 0.3) is 0 Å². The molecule has 1 atom stereocenters. The van der Waals surface area contributed by atoms with Crippen molar-refractivity contribution in [3.8, 4) is 5.75 Å². The summed E-state index contributed by atoms with van der Waals surface area (Å²) in [7, 11) is 0. The van der Waals surface area contributed by atoms with Crippen LogP contribution >= 0.6 is 11.6 Å². The van der Waals surface area contributed by atoms with Gasteiger partial charge in [-0.1, -0.05) is 43.7 Å². The monoisotopic (exact) mass is 279 g/mol. The Bertz CT molecular complexity index is 442. The van der Waals surface area contributed by atoms with Gasteiger partial charge < -0.3 is 10.1 Å². The molecule has 0 aliphatic heterocycles. The summed E-state index contributed by atoms with van der Waals surface area (Å²) in [6.07, 6.45) is 7.91. The Morgan fingerprint density at radius 1 is 1.42 bits per heavy atom. The third kappa shape index (κ3) is 4.26. The van der Waals surface area contributed by atoms with Gasteiger partial charge in [0.2, 0.25) is 0 Å². The highest BCUT2D eigenvalue weighted by Crippen LogP contribution is 2.31. The number of nitrogens with one attached hydrogen (secondary N) is 1. The van der Waals surface area contributed by atoms with E-state index in [4.69, 9.17) is 16.3 Å². The van der Waals surface area contributed by atoms with Gasteiger partial charge in [0.15, 0.2) is 0 Å². The van der Waals surface area contributed by atoms with Gasteiger partial charge in [-0.3, -0.25) is 0 Å². The van der Waals surface area contributed by atoms with E-state index in [-0.39, 0.29) is 6.10 Å². The molecule has 1 aromatic rings. The molecule has 1 N–H and O–H groups in total. The Kier molecular flexibility index (Phi) is 5.29. The second-order valence-corrected chi connectivity index (χ2v) is 5.69. The summed E-state index contributed by atoms with van der Waals surface area (Å²) in [6.45, 7) is 5.05. The van der Waals surface area contributed by atoms with Crippen molar-refractivity contribution in [3.63, 3.8) is 0 Å². The zero-order valence-electron chi connectivity index (χ0n) is 11.7. The van der Waals surface area contributed by atoms with Crippen LogP contribution in [-0.2, 0) is 6.54 Å². The molecule has 1 aliphatic rings. The van der Waals surface area contributed by atoms with Crippen molar-refractivity contribution in [1.82, 2.24) is 5.32 Å². The molecule has 1 aromatic carbocycles. The van der Waals surface area contributed by atoms with Gasteiger partial charge in [0, 0.05) is 18.2 Å². The highest BCUT2D eigenvalue weighted by atomic mass is 35.5. The first-order valence-electron chi connectivity index (χ1n) is 7.01. The van der Waals surface area contributed by atoms with E-state index in [1.165, 1.54) is 6.42 Å². The van der Waals surface area contributed by atoms with Crippen LogP contribution < -0.4 is 10.1 Å². The minimum atomic E-state index is 0.159. The third-order valence-electron chi connectivity index (χ3n) is 3.23. The van der Waals surface area contributed by atoms with Crippen molar-refractivity contribution >= 4 is 11.6 Å². The number of rotatable bonds is 5. The molecule has 19 heavy (non-hydrogen) atoms. The first-order valence-corrected chi connectivity index (χ1v) is 7.38. The summed E-state index contributed by atoms with van der Waals surface area (Å²) < 4.78 is 6.09. The molecule has 0 saturated carbocycles. The Hall–Kier alpha value is -0.990. The lowest BCUT2D eigenvalue weighted by Gasteiger charge is -2.22. The molecular formula is C16H22ClNO. The molecule has 0 fully saturated rings. The number of hydrogen-bond donors (Lipinski definition) is 1. The van der Waals surface area contributed by atoms with Crippen molar-refractivity contribution in [2.75, 3.05) is 0 Å². The summed E-state index contributed by atoms with van der Waals surface area (Å²) in [5.74, 6) is 0.828. The van der Waals surface area contributed by atoms with Crippen LogP contribution in [0, 0.1) is 0 Å². The van der Waals surface area contributed by atoms with E-state index in [9.17, 15) is 0 Å². The Balaban J connectivity index is 2.12. The zero-order chi connectivity index (χ0) is 13.7. The molecular weight excluding hydrogens is 258 g/mol.